The monoisotopic (exact) mass is 354 g/mol. The van der Waals surface area contributed by atoms with Crippen LogP contribution in [0.4, 0.5) is 0 Å². The molecule has 5 heteroatoms. The SMILES string of the molecule is CN=C(NCCn1cccc1)NCC1CCCOC1c1ccc(C)cc1. The average Bonchev–Trinajstić information content (AvgIpc) is 3.19. The summed E-state index contributed by atoms with van der Waals surface area (Å²) < 4.78 is 8.26. The number of aromatic nitrogens is 1. The first kappa shape index (κ1) is 18.5. The van der Waals surface area contributed by atoms with Gasteiger partial charge in [-0.3, -0.25) is 4.99 Å². The molecule has 1 fully saturated rings. The zero-order chi connectivity index (χ0) is 18.2. The molecule has 2 unspecified atom stereocenters. The molecule has 1 saturated heterocycles. The topological polar surface area (TPSA) is 50.6 Å². The number of nitrogens with zero attached hydrogens (tertiary/aromatic N) is 2. The average molecular weight is 354 g/mol. The first-order valence-electron chi connectivity index (χ1n) is 9.49. The van der Waals surface area contributed by atoms with E-state index in [0.29, 0.717) is 5.92 Å². The molecule has 5 nitrogen and oxygen atoms in total. The molecule has 2 heterocycles. The molecular formula is C21H30N4O. The third-order valence-corrected chi connectivity index (χ3v) is 4.93. The predicted molar refractivity (Wildman–Crippen MR) is 106 cm³/mol. The van der Waals surface area contributed by atoms with E-state index in [1.165, 1.54) is 17.5 Å². The van der Waals surface area contributed by atoms with Crippen LogP contribution in [-0.4, -0.2) is 37.3 Å². The number of aryl methyl sites for hydroxylation is 1. The normalized spacial score (nSPS) is 20.8. The molecule has 2 N–H and O–H groups in total. The number of ether oxygens (including phenoxy) is 1. The molecule has 3 rings (SSSR count). The first-order valence-corrected chi connectivity index (χ1v) is 9.49. The van der Waals surface area contributed by atoms with Crippen molar-refractivity contribution in [3.05, 3.63) is 59.9 Å². The van der Waals surface area contributed by atoms with Crippen LogP contribution >= 0.6 is 0 Å². The number of benzene rings is 1. The van der Waals surface area contributed by atoms with Crippen LogP contribution in [0.1, 0.15) is 30.1 Å². The fourth-order valence-electron chi connectivity index (χ4n) is 3.45. The number of aliphatic imine (C=N–C) groups is 1. The third kappa shape index (κ3) is 5.11. The van der Waals surface area contributed by atoms with Gasteiger partial charge in [-0.05, 0) is 37.5 Å². The molecule has 0 amide bonds. The van der Waals surface area contributed by atoms with Gasteiger partial charge < -0.3 is 19.9 Å². The van der Waals surface area contributed by atoms with Crippen LogP contribution in [0.3, 0.4) is 0 Å². The van der Waals surface area contributed by atoms with Crippen molar-refractivity contribution < 1.29 is 4.74 Å². The van der Waals surface area contributed by atoms with E-state index in [1.807, 2.05) is 19.2 Å². The Morgan fingerprint density at radius 1 is 1.19 bits per heavy atom. The standard InChI is InChI=1S/C21H30N4O/c1-17-7-9-18(10-8-17)20-19(6-5-15-26-20)16-24-21(22-2)23-11-14-25-12-3-4-13-25/h3-4,7-10,12-13,19-20H,5-6,11,14-16H2,1-2H3,(H2,22,23,24). The maximum Gasteiger partial charge on any atom is 0.191 e. The van der Waals surface area contributed by atoms with Gasteiger partial charge in [0.05, 0.1) is 6.10 Å². The second-order valence-corrected chi connectivity index (χ2v) is 6.91. The van der Waals surface area contributed by atoms with Crippen LogP contribution in [0, 0.1) is 12.8 Å². The smallest absolute Gasteiger partial charge is 0.191 e. The van der Waals surface area contributed by atoms with Gasteiger partial charge in [0.1, 0.15) is 0 Å². The van der Waals surface area contributed by atoms with Crippen molar-refractivity contribution in [2.75, 3.05) is 26.7 Å². The van der Waals surface area contributed by atoms with Gasteiger partial charge in [0, 0.05) is 51.6 Å². The number of hydrogen-bond acceptors (Lipinski definition) is 2. The summed E-state index contributed by atoms with van der Waals surface area (Å²) in [7, 11) is 1.82. The number of hydrogen-bond donors (Lipinski definition) is 2. The zero-order valence-electron chi connectivity index (χ0n) is 15.8. The van der Waals surface area contributed by atoms with E-state index in [-0.39, 0.29) is 6.10 Å². The van der Waals surface area contributed by atoms with E-state index in [4.69, 9.17) is 4.74 Å². The van der Waals surface area contributed by atoms with Crippen molar-refractivity contribution in [3.8, 4) is 0 Å². The maximum absolute atomic E-state index is 6.11. The third-order valence-electron chi connectivity index (χ3n) is 4.93. The predicted octanol–water partition coefficient (Wildman–Crippen LogP) is 3.13. The van der Waals surface area contributed by atoms with Gasteiger partial charge in [0.25, 0.3) is 0 Å². The van der Waals surface area contributed by atoms with Crippen LogP contribution in [-0.2, 0) is 11.3 Å². The molecule has 140 valence electrons. The fourth-order valence-corrected chi connectivity index (χ4v) is 3.45. The molecule has 2 aromatic rings. The molecular weight excluding hydrogens is 324 g/mol. The zero-order valence-corrected chi connectivity index (χ0v) is 15.8. The van der Waals surface area contributed by atoms with Gasteiger partial charge in [-0.1, -0.05) is 29.8 Å². The summed E-state index contributed by atoms with van der Waals surface area (Å²) in [6.07, 6.45) is 6.60. The van der Waals surface area contributed by atoms with Crippen LogP contribution in [0.15, 0.2) is 53.8 Å². The van der Waals surface area contributed by atoms with Gasteiger partial charge >= 0.3 is 0 Å². The van der Waals surface area contributed by atoms with Gasteiger partial charge in [-0.15, -0.1) is 0 Å². The second-order valence-electron chi connectivity index (χ2n) is 6.91. The van der Waals surface area contributed by atoms with Crippen molar-refractivity contribution in [1.29, 1.82) is 0 Å². The Kier molecular flexibility index (Phi) is 6.72. The highest BCUT2D eigenvalue weighted by molar-refractivity contribution is 5.79. The van der Waals surface area contributed by atoms with Crippen LogP contribution in [0.25, 0.3) is 0 Å². The lowest BCUT2D eigenvalue weighted by Gasteiger charge is -2.32. The molecule has 1 aliphatic heterocycles. The second kappa shape index (κ2) is 9.43. The van der Waals surface area contributed by atoms with Crippen molar-refractivity contribution in [1.82, 2.24) is 15.2 Å². The number of rotatable bonds is 6. The highest BCUT2D eigenvalue weighted by Crippen LogP contribution is 2.33. The Hall–Kier alpha value is -2.27. The van der Waals surface area contributed by atoms with E-state index in [0.717, 1.165) is 38.6 Å². The summed E-state index contributed by atoms with van der Waals surface area (Å²) in [5.74, 6) is 1.31. The van der Waals surface area contributed by atoms with Gasteiger partial charge in [0.2, 0.25) is 0 Å². The minimum Gasteiger partial charge on any atom is -0.373 e. The lowest BCUT2D eigenvalue weighted by molar-refractivity contribution is -0.0265. The largest absolute Gasteiger partial charge is 0.373 e. The summed E-state index contributed by atoms with van der Waals surface area (Å²) >= 11 is 0. The minimum atomic E-state index is 0.162. The fraction of sp³-hybridized carbons (Fsp3) is 0.476. The van der Waals surface area contributed by atoms with Crippen molar-refractivity contribution in [2.24, 2.45) is 10.9 Å². The Labute approximate surface area is 156 Å². The molecule has 26 heavy (non-hydrogen) atoms. The van der Waals surface area contributed by atoms with E-state index < -0.39 is 0 Å². The quantitative estimate of drug-likeness (QED) is 0.619. The minimum absolute atomic E-state index is 0.162. The van der Waals surface area contributed by atoms with Crippen molar-refractivity contribution in [2.45, 2.75) is 32.4 Å². The molecule has 1 aromatic carbocycles. The number of guanidine groups is 1. The van der Waals surface area contributed by atoms with Gasteiger partial charge in [-0.2, -0.15) is 0 Å². The van der Waals surface area contributed by atoms with Crippen molar-refractivity contribution >= 4 is 5.96 Å². The Morgan fingerprint density at radius 3 is 2.69 bits per heavy atom. The summed E-state index contributed by atoms with van der Waals surface area (Å²) in [6, 6.07) is 12.8. The van der Waals surface area contributed by atoms with Crippen LogP contribution in [0.2, 0.25) is 0 Å². The van der Waals surface area contributed by atoms with E-state index in [2.05, 4.69) is 63.8 Å². The molecule has 0 saturated carbocycles. The molecule has 1 aromatic heterocycles. The molecule has 1 aliphatic rings. The Balaban J connectivity index is 1.51. The van der Waals surface area contributed by atoms with E-state index >= 15 is 0 Å². The summed E-state index contributed by atoms with van der Waals surface area (Å²) in [5.41, 5.74) is 2.56. The van der Waals surface area contributed by atoms with Gasteiger partial charge in [-0.25, -0.2) is 0 Å². The summed E-state index contributed by atoms with van der Waals surface area (Å²) in [6.45, 7) is 5.59. The lowest BCUT2D eigenvalue weighted by Crippen LogP contribution is -2.42. The molecule has 2 atom stereocenters. The van der Waals surface area contributed by atoms with E-state index in [1.54, 1.807) is 0 Å². The molecule has 0 spiro atoms. The Morgan fingerprint density at radius 2 is 1.96 bits per heavy atom. The molecule has 0 bridgehead atoms. The summed E-state index contributed by atoms with van der Waals surface area (Å²) in [5, 5.41) is 6.87. The van der Waals surface area contributed by atoms with Crippen molar-refractivity contribution in [3.63, 3.8) is 0 Å². The maximum atomic E-state index is 6.11. The first-order chi connectivity index (χ1) is 12.8. The summed E-state index contributed by atoms with van der Waals surface area (Å²) in [4.78, 5) is 4.35. The lowest BCUT2D eigenvalue weighted by atomic mass is 9.89. The van der Waals surface area contributed by atoms with Crippen LogP contribution < -0.4 is 10.6 Å². The highest BCUT2D eigenvalue weighted by atomic mass is 16.5. The van der Waals surface area contributed by atoms with Crippen LogP contribution in [0.5, 0.6) is 0 Å². The Bertz CT molecular complexity index is 679. The molecule has 0 radical (unpaired) electrons. The van der Waals surface area contributed by atoms with E-state index in [9.17, 15) is 0 Å². The molecule has 0 aliphatic carbocycles. The highest BCUT2D eigenvalue weighted by Gasteiger charge is 2.27. The van der Waals surface area contributed by atoms with Gasteiger partial charge in [0.15, 0.2) is 5.96 Å². The number of nitrogens with one attached hydrogen (secondary N) is 2.